The van der Waals surface area contributed by atoms with E-state index in [0.29, 0.717) is 17.2 Å². The number of hydrogen-bond donors (Lipinski definition) is 1. The Morgan fingerprint density at radius 1 is 1.14 bits per heavy atom. The van der Waals surface area contributed by atoms with Crippen LogP contribution in [-0.2, 0) is 28.6 Å². The number of carbonyl (C=O) groups is 1. The van der Waals surface area contributed by atoms with Gasteiger partial charge in [0.15, 0.2) is 5.69 Å². The number of aromatic nitrogens is 2. The van der Waals surface area contributed by atoms with Gasteiger partial charge in [0.1, 0.15) is 25.1 Å². The highest BCUT2D eigenvalue weighted by Gasteiger charge is 2.33. The summed E-state index contributed by atoms with van der Waals surface area (Å²) in [5.74, 6) is 0.129. The normalized spacial score (nSPS) is 19.5. The Morgan fingerprint density at radius 2 is 1.91 bits per heavy atom. The SMILES string of the molecule is O=C(N[C@H]1COc2ccc(C(F)(F)F)cc2C1)c1cc2n(n1)CC(COCCOCC(F)(F)F)O2. The molecule has 2 aliphatic heterocycles. The number of rotatable bonds is 8. The maximum atomic E-state index is 13.0. The van der Waals surface area contributed by atoms with E-state index >= 15 is 0 Å². The molecule has 1 unspecified atom stereocenters. The number of ether oxygens (including phenoxy) is 4. The van der Waals surface area contributed by atoms with Crippen LogP contribution in [0.2, 0.25) is 0 Å². The van der Waals surface area contributed by atoms with Gasteiger partial charge in [-0.15, -0.1) is 0 Å². The molecular weight excluding hydrogens is 488 g/mol. The van der Waals surface area contributed by atoms with E-state index < -0.39 is 42.6 Å². The van der Waals surface area contributed by atoms with Crippen molar-refractivity contribution >= 4 is 5.91 Å². The molecule has 2 atom stereocenters. The highest BCUT2D eigenvalue weighted by Crippen LogP contribution is 2.34. The molecule has 2 aliphatic rings. The lowest BCUT2D eigenvalue weighted by molar-refractivity contribution is -0.176. The summed E-state index contributed by atoms with van der Waals surface area (Å²) in [6.45, 7) is -1.13. The van der Waals surface area contributed by atoms with Crippen molar-refractivity contribution in [3.05, 3.63) is 41.1 Å². The number of alkyl halides is 6. The highest BCUT2D eigenvalue weighted by atomic mass is 19.4. The lowest BCUT2D eigenvalue weighted by Gasteiger charge is -2.26. The third-order valence-corrected chi connectivity index (χ3v) is 5.21. The molecule has 14 heteroatoms. The van der Waals surface area contributed by atoms with E-state index in [9.17, 15) is 31.1 Å². The fourth-order valence-corrected chi connectivity index (χ4v) is 3.67. The van der Waals surface area contributed by atoms with E-state index in [-0.39, 0.29) is 45.1 Å². The van der Waals surface area contributed by atoms with E-state index in [4.69, 9.17) is 14.2 Å². The number of nitrogens with one attached hydrogen (secondary N) is 1. The Hall–Kier alpha value is -3.00. The van der Waals surface area contributed by atoms with Gasteiger partial charge in [0, 0.05) is 6.07 Å². The third-order valence-electron chi connectivity index (χ3n) is 5.21. The average molecular weight is 509 g/mol. The van der Waals surface area contributed by atoms with Crippen LogP contribution in [0.5, 0.6) is 11.6 Å². The molecule has 0 fully saturated rings. The average Bonchev–Trinajstić information content (AvgIpc) is 3.33. The minimum Gasteiger partial charge on any atom is -0.491 e. The molecular formula is C21H21F6N3O5. The van der Waals surface area contributed by atoms with E-state index in [1.165, 1.54) is 16.8 Å². The summed E-state index contributed by atoms with van der Waals surface area (Å²) in [6.07, 6.45) is -9.13. The van der Waals surface area contributed by atoms with E-state index in [1.807, 2.05) is 0 Å². The van der Waals surface area contributed by atoms with Gasteiger partial charge in [-0.05, 0) is 30.2 Å². The molecule has 0 saturated carbocycles. The van der Waals surface area contributed by atoms with Crippen molar-refractivity contribution < 1.29 is 50.1 Å². The monoisotopic (exact) mass is 509 g/mol. The molecule has 1 aromatic carbocycles. The summed E-state index contributed by atoms with van der Waals surface area (Å²) in [5.41, 5.74) is -0.379. The van der Waals surface area contributed by atoms with Crippen LogP contribution < -0.4 is 14.8 Å². The maximum absolute atomic E-state index is 13.0. The molecule has 35 heavy (non-hydrogen) atoms. The van der Waals surface area contributed by atoms with Gasteiger partial charge >= 0.3 is 12.4 Å². The van der Waals surface area contributed by atoms with Gasteiger partial charge in [0.2, 0.25) is 5.88 Å². The summed E-state index contributed by atoms with van der Waals surface area (Å²) in [5, 5.41) is 6.87. The Kier molecular flexibility index (Phi) is 7.12. The molecule has 2 aromatic rings. The molecule has 0 spiro atoms. The fraction of sp³-hybridized carbons (Fsp3) is 0.524. The summed E-state index contributed by atoms with van der Waals surface area (Å²) in [6, 6.07) is 4.10. The lowest BCUT2D eigenvalue weighted by Crippen LogP contribution is -2.43. The Bertz CT molecular complexity index is 1030. The van der Waals surface area contributed by atoms with E-state index in [2.05, 4.69) is 15.2 Å². The zero-order chi connectivity index (χ0) is 25.2. The smallest absolute Gasteiger partial charge is 0.416 e. The summed E-state index contributed by atoms with van der Waals surface area (Å²) < 4.78 is 97.1. The largest absolute Gasteiger partial charge is 0.491 e. The molecule has 3 heterocycles. The first kappa shape index (κ1) is 25.1. The van der Waals surface area contributed by atoms with Crippen LogP contribution in [0.15, 0.2) is 24.3 Å². The molecule has 0 bridgehead atoms. The minimum absolute atomic E-state index is 0.0387. The van der Waals surface area contributed by atoms with Crippen LogP contribution in [-0.4, -0.2) is 67.0 Å². The molecule has 8 nitrogen and oxygen atoms in total. The second-order valence-electron chi connectivity index (χ2n) is 8.04. The van der Waals surface area contributed by atoms with Gasteiger partial charge in [-0.3, -0.25) is 4.79 Å². The first-order valence-electron chi connectivity index (χ1n) is 10.6. The van der Waals surface area contributed by atoms with Gasteiger partial charge in [0.25, 0.3) is 5.91 Å². The van der Waals surface area contributed by atoms with Crippen molar-refractivity contribution in [2.24, 2.45) is 0 Å². The quantitative estimate of drug-likeness (QED) is 0.435. The maximum Gasteiger partial charge on any atom is 0.416 e. The number of nitrogens with zero attached hydrogens (tertiary/aromatic N) is 2. The summed E-state index contributed by atoms with van der Waals surface area (Å²) >= 11 is 0. The Labute approximate surface area is 195 Å². The lowest BCUT2D eigenvalue weighted by atomic mass is 10.00. The van der Waals surface area contributed by atoms with Crippen molar-refractivity contribution in [3.63, 3.8) is 0 Å². The van der Waals surface area contributed by atoms with Crippen molar-refractivity contribution in [1.29, 1.82) is 0 Å². The predicted molar refractivity (Wildman–Crippen MR) is 106 cm³/mol. The fourth-order valence-electron chi connectivity index (χ4n) is 3.67. The van der Waals surface area contributed by atoms with Crippen molar-refractivity contribution in [3.8, 4) is 11.6 Å². The molecule has 1 amide bonds. The minimum atomic E-state index is -4.48. The number of fused-ring (bicyclic) bond motifs is 2. The molecule has 1 aromatic heterocycles. The number of halogens is 6. The van der Waals surface area contributed by atoms with Crippen LogP contribution in [0, 0.1) is 0 Å². The Balaban J connectivity index is 1.23. The van der Waals surface area contributed by atoms with Crippen molar-refractivity contribution in [2.45, 2.75) is 37.5 Å². The second kappa shape index (κ2) is 9.93. The zero-order valence-corrected chi connectivity index (χ0v) is 18.1. The Morgan fingerprint density at radius 3 is 2.63 bits per heavy atom. The van der Waals surface area contributed by atoms with Crippen LogP contribution in [0.1, 0.15) is 21.6 Å². The highest BCUT2D eigenvalue weighted by molar-refractivity contribution is 5.92. The number of carbonyl (C=O) groups excluding carboxylic acids is 1. The topological polar surface area (TPSA) is 83.8 Å². The van der Waals surface area contributed by atoms with Crippen LogP contribution in [0.3, 0.4) is 0 Å². The number of amides is 1. The van der Waals surface area contributed by atoms with Crippen LogP contribution in [0.25, 0.3) is 0 Å². The zero-order valence-electron chi connectivity index (χ0n) is 18.1. The molecule has 0 radical (unpaired) electrons. The number of benzene rings is 1. The van der Waals surface area contributed by atoms with Crippen LogP contribution in [0.4, 0.5) is 26.3 Å². The molecule has 0 saturated heterocycles. The third kappa shape index (κ3) is 6.57. The standard InChI is InChI=1S/C21H21F6N3O5/c22-20(23,24)11-33-4-3-32-10-15-8-30-18(35-15)7-16(29-30)19(31)28-14-6-12-5-13(21(25,26)27)1-2-17(12)34-9-14/h1-2,5,7,14-15H,3-4,6,8-11H2,(H,28,31)/t14-,15?/m1/s1. The molecule has 1 N–H and O–H groups in total. The predicted octanol–water partition coefficient (Wildman–Crippen LogP) is 2.99. The second-order valence-corrected chi connectivity index (χ2v) is 8.04. The summed E-state index contributed by atoms with van der Waals surface area (Å²) in [4.78, 5) is 12.6. The molecule has 0 aliphatic carbocycles. The van der Waals surface area contributed by atoms with Crippen molar-refractivity contribution in [2.75, 3.05) is 33.0 Å². The number of hydrogen-bond acceptors (Lipinski definition) is 6. The van der Waals surface area contributed by atoms with E-state index in [1.54, 1.807) is 0 Å². The van der Waals surface area contributed by atoms with Gasteiger partial charge in [-0.1, -0.05) is 0 Å². The van der Waals surface area contributed by atoms with Gasteiger partial charge in [0.05, 0.1) is 38.0 Å². The van der Waals surface area contributed by atoms with Gasteiger partial charge in [-0.2, -0.15) is 31.4 Å². The van der Waals surface area contributed by atoms with Gasteiger partial charge < -0.3 is 24.3 Å². The van der Waals surface area contributed by atoms with E-state index in [0.717, 1.165) is 12.1 Å². The summed E-state index contributed by atoms with van der Waals surface area (Å²) in [7, 11) is 0. The van der Waals surface area contributed by atoms with Crippen LogP contribution >= 0.6 is 0 Å². The molecule has 192 valence electrons. The first-order valence-corrected chi connectivity index (χ1v) is 10.6. The first-order chi connectivity index (χ1) is 16.5. The van der Waals surface area contributed by atoms with Crippen molar-refractivity contribution in [1.82, 2.24) is 15.1 Å². The molecule has 4 rings (SSSR count). The van der Waals surface area contributed by atoms with Gasteiger partial charge in [-0.25, -0.2) is 4.68 Å².